The Morgan fingerprint density at radius 3 is 3.25 bits per heavy atom. The Kier molecular flexibility index (Phi) is 2.09. The Labute approximate surface area is 94.2 Å². The lowest BCUT2D eigenvalue weighted by atomic mass is 9.99. The Morgan fingerprint density at radius 2 is 2.44 bits per heavy atom. The molecular formula is C12H14N2O2. The predicted molar refractivity (Wildman–Crippen MR) is 59.6 cm³/mol. The molecule has 0 spiro atoms. The minimum Gasteiger partial charge on any atom is -0.464 e. The second kappa shape index (κ2) is 3.47. The van der Waals surface area contributed by atoms with Gasteiger partial charge >= 0.3 is 5.97 Å². The van der Waals surface area contributed by atoms with Crippen LogP contribution in [-0.4, -0.2) is 31.2 Å². The van der Waals surface area contributed by atoms with E-state index in [9.17, 15) is 4.79 Å². The highest BCUT2D eigenvalue weighted by Crippen LogP contribution is 2.34. The van der Waals surface area contributed by atoms with Crippen molar-refractivity contribution in [2.75, 3.05) is 25.1 Å². The Morgan fingerprint density at radius 1 is 1.56 bits per heavy atom. The van der Waals surface area contributed by atoms with Gasteiger partial charge in [0.2, 0.25) is 0 Å². The van der Waals surface area contributed by atoms with E-state index in [1.54, 1.807) is 6.07 Å². The topological polar surface area (TPSA) is 42.4 Å². The SMILES string of the molecule is COC(=O)c1ccc2c(n1)C[C@H]1CCN2C1. The molecule has 3 rings (SSSR count). The van der Waals surface area contributed by atoms with Crippen LogP contribution in [0.1, 0.15) is 22.6 Å². The van der Waals surface area contributed by atoms with Gasteiger partial charge in [0.1, 0.15) is 5.69 Å². The minimum absolute atomic E-state index is 0.351. The number of ether oxygens (including phenoxy) is 1. The Balaban J connectivity index is 2.00. The molecule has 0 amide bonds. The van der Waals surface area contributed by atoms with Crippen LogP contribution in [0.25, 0.3) is 0 Å². The van der Waals surface area contributed by atoms with E-state index >= 15 is 0 Å². The van der Waals surface area contributed by atoms with Crippen molar-refractivity contribution in [3.05, 3.63) is 23.5 Å². The van der Waals surface area contributed by atoms with Crippen LogP contribution < -0.4 is 4.90 Å². The minimum atomic E-state index is -0.351. The third kappa shape index (κ3) is 1.37. The second-order valence-electron chi connectivity index (χ2n) is 4.46. The van der Waals surface area contributed by atoms with Gasteiger partial charge in [-0.2, -0.15) is 0 Å². The van der Waals surface area contributed by atoms with Gasteiger partial charge in [0, 0.05) is 13.1 Å². The summed E-state index contributed by atoms with van der Waals surface area (Å²) in [5, 5.41) is 0. The van der Waals surface area contributed by atoms with Gasteiger partial charge < -0.3 is 9.64 Å². The first kappa shape index (κ1) is 9.63. The van der Waals surface area contributed by atoms with Gasteiger partial charge in [-0.15, -0.1) is 0 Å². The van der Waals surface area contributed by atoms with E-state index in [1.807, 2.05) is 6.07 Å². The first-order valence-corrected chi connectivity index (χ1v) is 5.61. The summed E-state index contributed by atoms with van der Waals surface area (Å²) in [6, 6.07) is 3.75. The summed E-state index contributed by atoms with van der Waals surface area (Å²) in [6.45, 7) is 2.27. The highest BCUT2D eigenvalue weighted by molar-refractivity contribution is 5.87. The fraction of sp³-hybridized carbons (Fsp3) is 0.500. The lowest BCUT2D eigenvalue weighted by Gasteiger charge is -2.26. The third-order valence-corrected chi connectivity index (χ3v) is 3.45. The van der Waals surface area contributed by atoms with Crippen molar-refractivity contribution in [2.24, 2.45) is 5.92 Å². The summed E-state index contributed by atoms with van der Waals surface area (Å²) in [6.07, 6.45) is 2.24. The van der Waals surface area contributed by atoms with Crippen molar-refractivity contribution in [1.82, 2.24) is 4.98 Å². The lowest BCUT2D eigenvalue weighted by molar-refractivity contribution is 0.0593. The van der Waals surface area contributed by atoms with E-state index in [1.165, 1.54) is 19.2 Å². The molecule has 1 aromatic rings. The highest BCUT2D eigenvalue weighted by Gasteiger charge is 2.31. The smallest absolute Gasteiger partial charge is 0.356 e. The van der Waals surface area contributed by atoms with Crippen molar-refractivity contribution < 1.29 is 9.53 Å². The fourth-order valence-corrected chi connectivity index (χ4v) is 2.64. The maximum Gasteiger partial charge on any atom is 0.356 e. The summed E-state index contributed by atoms with van der Waals surface area (Å²) in [7, 11) is 1.39. The van der Waals surface area contributed by atoms with E-state index < -0.39 is 0 Å². The van der Waals surface area contributed by atoms with Crippen LogP contribution in [0.2, 0.25) is 0 Å². The molecule has 0 radical (unpaired) electrons. The van der Waals surface area contributed by atoms with E-state index in [2.05, 4.69) is 14.6 Å². The molecule has 1 fully saturated rings. The zero-order valence-electron chi connectivity index (χ0n) is 9.27. The first-order valence-electron chi connectivity index (χ1n) is 5.61. The normalized spacial score (nSPS) is 21.8. The van der Waals surface area contributed by atoms with Gasteiger partial charge in [0.15, 0.2) is 0 Å². The van der Waals surface area contributed by atoms with Crippen LogP contribution >= 0.6 is 0 Å². The van der Waals surface area contributed by atoms with Crippen LogP contribution in [0.15, 0.2) is 12.1 Å². The standard InChI is InChI=1S/C12H14N2O2/c1-16-12(15)9-2-3-11-10(13-9)6-8-4-5-14(11)7-8/h2-3,8H,4-7H2,1H3/t8-/m1/s1. The third-order valence-electron chi connectivity index (χ3n) is 3.45. The molecule has 4 nitrogen and oxygen atoms in total. The average Bonchev–Trinajstić information content (AvgIpc) is 2.70. The maximum atomic E-state index is 11.4. The largest absolute Gasteiger partial charge is 0.464 e. The van der Waals surface area contributed by atoms with Crippen LogP contribution in [-0.2, 0) is 11.2 Å². The van der Waals surface area contributed by atoms with E-state index in [0.29, 0.717) is 11.6 Å². The monoisotopic (exact) mass is 218 g/mol. The fourth-order valence-electron chi connectivity index (χ4n) is 2.64. The zero-order chi connectivity index (χ0) is 11.1. The zero-order valence-corrected chi connectivity index (χ0v) is 9.27. The number of nitrogens with zero attached hydrogens (tertiary/aromatic N) is 2. The van der Waals surface area contributed by atoms with Crippen LogP contribution in [0.5, 0.6) is 0 Å². The number of anilines is 1. The molecule has 1 saturated heterocycles. The number of methoxy groups -OCH3 is 1. The first-order chi connectivity index (χ1) is 7.78. The number of aromatic nitrogens is 1. The van der Waals surface area contributed by atoms with Gasteiger partial charge in [0.25, 0.3) is 0 Å². The summed E-state index contributed by atoms with van der Waals surface area (Å²) in [5.41, 5.74) is 2.67. The molecule has 0 aliphatic carbocycles. The number of hydrogen-bond acceptors (Lipinski definition) is 4. The summed E-state index contributed by atoms with van der Waals surface area (Å²) in [4.78, 5) is 18.1. The summed E-state index contributed by atoms with van der Waals surface area (Å²) < 4.78 is 4.68. The number of carbonyl (C=O) groups excluding carboxylic acids is 1. The highest BCUT2D eigenvalue weighted by atomic mass is 16.5. The number of fused-ring (bicyclic) bond motifs is 4. The molecule has 16 heavy (non-hydrogen) atoms. The number of pyridine rings is 1. The van der Waals surface area contributed by atoms with Gasteiger partial charge in [-0.1, -0.05) is 0 Å². The molecule has 3 heterocycles. The van der Waals surface area contributed by atoms with E-state index in [0.717, 1.165) is 25.2 Å². The maximum absolute atomic E-state index is 11.4. The van der Waals surface area contributed by atoms with Gasteiger partial charge in [-0.3, -0.25) is 0 Å². The van der Waals surface area contributed by atoms with Crippen LogP contribution in [0.3, 0.4) is 0 Å². The molecule has 2 bridgehead atoms. The average molecular weight is 218 g/mol. The predicted octanol–water partition coefficient (Wildman–Crippen LogP) is 1.25. The molecule has 0 aromatic carbocycles. The van der Waals surface area contributed by atoms with Crippen molar-refractivity contribution in [2.45, 2.75) is 12.8 Å². The molecular weight excluding hydrogens is 204 g/mol. The van der Waals surface area contributed by atoms with Crippen molar-refractivity contribution in [3.8, 4) is 0 Å². The van der Waals surface area contributed by atoms with Gasteiger partial charge in [-0.25, -0.2) is 9.78 Å². The molecule has 2 aliphatic heterocycles. The molecule has 0 saturated carbocycles. The molecule has 1 atom stereocenters. The van der Waals surface area contributed by atoms with Gasteiger partial charge in [0.05, 0.1) is 18.5 Å². The molecule has 0 N–H and O–H groups in total. The second-order valence-corrected chi connectivity index (χ2v) is 4.46. The van der Waals surface area contributed by atoms with Crippen molar-refractivity contribution in [1.29, 1.82) is 0 Å². The summed E-state index contributed by atoms with van der Waals surface area (Å²) in [5.74, 6) is 0.364. The van der Waals surface area contributed by atoms with Gasteiger partial charge in [-0.05, 0) is 30.9 Å². The Hall–Kier alpha value is -1.58. The number of carbonyl (C=O) groups is 1. The molecule has 0 unspecified atom stereocenters. The number of hydrogen-bond donors (Lipinski definition) is 0. The van der Waals surface area contributed by atoms with Crippen LogP contribution in [0.4, 0.5) is 5.69 Å². The molecule has 4 heteroatoms. The van der Waals surface area contributed by atoms with Crippen molar-refractivity contribution in [3.63, 3.8) is 0 Å². The molecule has 84 valence electrons. The van der Waals surface area contributed by atoms with Crippen molar-refractivity contribution >= 4 is 11.7 Å². The van der Waals surface area contributed by atoms with E-state index in [4.69, 9.17) is 0 Å². The molecule has 1 aromatic heterocycles. The molecule has 2 aliphatic rings. The number of rotatable bonds is 1. The summed E-state index contributed by atoms with van der Waals surface area (Å²) >= 11 is 0. The number of esters is 1. The lowest BCUT2D eigenvalue weighted by Crippen LogP contribution is -2.27. The van der Waals surface area contributed by atoms with Crippen LogP contribution in [0, 0.1) is 5.92 Å². The quantitative estimate of drug-likeness (QED) is 0.665. The Bertz CT molecular complexity index is 445. The van der Waals surface area contributed by atoms with E-state index in [-0.39, 0.29) is 5.97 Å².